The summed E-state index contributed by atoms with van der Waals surface area (Å²) in [5, 5.41) is 4.20. The van der Waals surface area contributed by atoms with Crippen LogP contribution in [0.2, 0.25) is 10.0 Å². The second kappa shape index (κ2) is 8.22. The number of aryl methyl sites for hydroxylation is 2. The summed E-state index contributed by atoms with van der Waals surface area (Å²) < 4.78 is 0. The fraction of sp³-hybridized carbons (Fsp3) is 0.120. The fourth-order valence-electron chi connectivity index (χ4n) is 3.51. The Hall–Kier alpha value is -3.08. The van der Waals surface area contributed by atoms with Crippen LogP contribution in [0.25, 0.3) is 5.57 Å². The van der Waals surface area contributed by atoms with E-state index in [0.29, 0.717) is 38.1 Å². The van der Waals surface area contributed by atoms with Crippen LogP contribution >= 0.6 is 23.2 Å². The van der Waals surface area contributed by atoms with E-state index in [1.54, 1.807) is 31.2 Å². The molecule has 0 aliphatic carbocycles. The number of anilines is 2. The Bertz CT molecular complexity index is 1250. The minimum atomic E-state index is -0.442. The minimum Gasteiger partial charge on any atom is -0.350 e. The quantitative estimate of drug-likeness (QED) is 0.473. The lowest BCUT2D eigenvalue weighted by molar-refractivity contribution is -0.120. The van der Waals surface area contributed by atoms with Gasteiger partial charge >= 0.3 is 0 Å². The van der Waals surface area contributed by atoms with Crippen LogP contribution in [0, 0.1) is 20.8 Å². The van der Waals surface area contributed by atoms with Gasteiger partial charge in [-0.1, -0.05) is 65.2 Å². The second-order valence-corrected chi connectivity index (χ2v) is 8.35. The average Bonchev–Trinajstić information content (AvgIpc) is 2.97. The van der Waals surface area contributed by atoms with E-state index in [2.05, 4.69) is 5.32 Å². The Morgan fingerprint density at radius 2 is 1.52 bits per heavy atom. The summed E-state index contributed by atoms with van der Waals surface area (Å²) in [5.74, 6) is -0.845. The molecule has 1 aliphatic rings. The number of rotatable bonds is 4. The van der Waals surface area contributed by atoms with Gasteiger partial charge in [-0.05, 0) is 61.7 Å². The number of imide groups is 1. The number of carbonyl (C=O) groups is 2. The van der Waals surface area contributed by atoms with E-state index >= 15 is 0 Å². The van der Waals surface area contributed by atoms with E-state index in [0.717, 1.165) is 11.1 Å². The molecule has 0 unspecified atom stereocenters. The summed E-state index contributed by atoms with van der Waals surface area (Å²) >= 11 is 12.5. The second-order valence-electron chi connectivity index (χ2n) is 7.53. The van der Waals surface area contributed by atoms with E-state index in [9.17, 15) is 9.59 Å². The molecule has 0 bridgehead atoms. The van der Waals surface area contributed by atoms with E-state index in [4.69, 9.17) is 23.2 Å². The third-order valence-electron chi connectivity index (χ3n) is 5.35. The molecule has 1 heterocycles. The molecule has 156 valence electrons. The molecule has 2 amide bonds. The number of benzene rings is 3. The molecule has 0 fully saturated rings. The summed E-state index contributed by atoms with van der Waals surface area (Å²) in [4.78, 5) is 28.2. The van der Waals surface area contributed by atoms with Crippen molar-refractivity contribution >= 4 is 52.0 Å². The van der Waals surface area contributed by atoms with Gasteiger partial charge in [-0.3, -0.25) is 9.59 Å². The highest BCUT2D eigenvalue weighted by atomic mass is 35.5. The van der Waals surface area contributed by atoms with Crippen molar-refractivity contribution in [2.45, 2.75) is 20.8 Å². The molecule has 0 saturated heterocycles. The van der Waals surface area contributed by atoms with Crippen molar-refractivity contribution in [3.05, 3.63) is 98.7 Å². The molecule has 0 aromatic heterocycles. The molecule has 1 aliphatic heterocycles. The number of hydrogen-bond acceptors (Lipinski definition) is 3. The first-order valence-electron chi connectivity index (χ1n) is 9.76. The van der Waals surface area contributed by atoms with Crippen molar-refractivity contribution in [2.75, 3.05) is 10.2 Å². The maximum atomic E-state index is 13.5. The Kier molecular flexibility index (Phi) is 5.61. The largest absolute Gasteiger partial charge is 0.350 e. The SMILES string of the molecule is Cc1ccc(C2=C(Nc3ccc(C)c(Cl)c3)C(=O)N(c3cccc(Cl)c3C)C2=O)cc1. The van der Waals surface area contributed by atoms with Crippen LogP contribution < -0.4 is 10.2 Å². The lowest BCUT2D eigenvalue weighted by Gasteiger charge is -2.18. The highest BCUT2D eigenvalue weighted by Crippen LogP contribution is 2.37. The van der Waals surface area contributed by atoms with Crippen molar-refractivity contribution in [3.8, 4) is 0 Å². The van der Waals surface area contributed by atoms with Crippen LogP contribution in [0.4, 0.5) is 11.4 Å². The smallest absolute Gasteiger partial charge is 0.282 e. The van der Waals surface area contributed by atoms with Crippen LogP contribution in [0.15, 0.2) is 66.4 Å². The highest BCUT2D eigenvalue weighted by Gasteiger charge is 2.41. The van der Waals surface area contributed by atoms with E-state index in [1.165, 1.54) is 4.90 Å². The third-order valence-corrected chi connectivity index (χ3v) is 6.16. The average molecular weight is 451 g/mol. The van der Waals surface area contributed by atoms with Gasteiger partial charge in [0, 0.05) is 15.7 Å². The van der Waals surface area contributed by atoms with Crippen LogP contribution in [-0.2, 0) is 9.59 Å². The number of amides is 2. The maximum absolute atomic E-state index is 13.5. The van der Waals surface area contributed by atoms with Gasteiger partial charge in [0.25, 0.3) is 11.8 Å². The molecule has 1 N–H and O–H groups in total. The van der Waals surface area contributed by atoms with Gasteiger partial charge in [0.1, 0.15) is 5.70 Å². The Balaban J connectivity index is 1.85. The molecule has 4 nitrogen and oxygen atoms in total. The normalized spacial score (nSPS) is 13.9. The molecule has 6 heteroatoms. The fourth-order valence-corrected chi connectivity index (χ4v) is 3.86. The van der Waals surface area contributed by atoms with Crippen LogP contribution in [-0.4, -0.2) is 11.8 Å². The zero-order chi connectivity index (χ0) is 22.3. The van der Waals surface area contributed by atoms with Crippen LogP contribution in [0.1, 0.15) is 22.3 Å². The van der Waals surface area contributed by atoms with Crippen molar-refractivity contribution in [1.29, 1.82) is 0 Å². The van der Waals surface area contributed by atoms with Gasteiger partial charge in [0.05, 0.1) is 11.3 Å². The summed E-state index contributed by atoms with van der Waals surface area (Å²) in [6, 6.07) is 18.1. The molecule has 0 radical (unpaired) electrons. The van der Waals surface area contributed by atoms with Crippen molar-refractivity contribution in [1.82, 2.24) is 0 Å². The number of nitrogens with one attached hydrogen (secondary N) is 1. The van der Waals surface area contributed by atoms with Gasteiger partial charge < -0.3 is 5.32 Å². The predicted molar refractivity (Wildman–Crippen MR) is 127 cm³/mol. The monoisotopic (exact) mass is 450 g/mol. The molecule has 0 atom stereocenters. The molecule has 31 heavy (non-hydrogen) atoms. The lowest BCUT2D eigenvalue weighted by atomic mass is 10.0. The summed E-state index contributed by atoms with van der Waals surface area (Å²) in [6.45, 7) is 5.65. The van der Waals surface area contributed by atoms with Crippen LogP contribution in [0.3, 0.4) is 0 Å². The molecular weight excluding hydrogens is 431 g/mol. The van der Waals surface area contributed by atoms with E-state index < -0.39 is 11.8 Å². The van der Waals surface area contributed by atoms with Gasteiger partial charge in [0.15, 0.2) is 0 Å². The van der Waals surface area contributed by atoms with Crippen molar-refractivity contribution in [2.24, 2.45) is 0 Å². The number of carbonyl (C=O) groups excluding carboxylic acids is 2. The van der Waals surface area contributed by atoms with Gasteiger partial charge in [-0.2, -0.15) is 0 Å². The third kappa shape index (κ3) is 3.85. The van der Waals surface area contributed by atoms with Crippen molar-refractivity contribution < 1.29 is 9.59 Å². The minimum absolute atomic E-state index is 0.202. The molecule has 0 spiro atoms. The summed E-state index contributed by atoms with van der Waals surface area (Å²) in [5.41, 5.74) is 4.90. The van der Waals surface area contributed by atoms with Crippen LogP contribution in [0.5, 0.6) is 0 Å². The standard InChI is InChI=1S/C25H20Cl2N2O2/c1-14-7-10-17(11-8-14)22-23(28-18-12-9-15(2)20(27)13-18)25(31)29(24(22)30)21-6-4-5-19(26)16(21)3/h4-13,28H,1-3H3. The molecule has 4 rings (SSSR count). The number of hydrogen-bond donors (Lipinski definition) is 1. The number of nitrogens with zero attached hydrogens (tertiary/aromatic N) is 1. The Morgan fingerprint density at radius 3 is 2.19 bits per heavy atom. The zero-order valence-electron chi connectivity index (χ0n) is 17.3. The first-order valence-corrected chi connectivity index (χ1v) is 10.5. The Labute approximate surface area is 191 Å². The van der Waals surface area contributed by atoms with Gasteiger partial charge in [-0.15, -0.1) is 0 Å². The lowest BCUT2D eigenvalue weighted by Crippen LogP contribution is -2.33. The number of halogens is 2. The van der Waals surface area contributed by atoms with Gasteiger partial charge in [-0.25, -0.2) is 4.90 Å². The summed E-state index contributed by atoms with van der Waals surface area (Å²) in [6.07, 6.45) is 0. The van der Waals surface area contributed by atoms with E-state index in [1.807, 2.05) is 50.2 Å². The summed E-state index contributed by atoms with van der Waals surface area (Å²) in [7, 11) is 0. The first-order chi connectivity index (χ1) is 14.8. The molecule has 0 saturated carbocycles. The molecule has 3 aromatic rings. The predicted octanol–water partition coefficient (Wildman–Crippen LogP) is 6.32. The van der Waals surface area contributed by atoms with Gasteiger partial charge in [0.2, 0.25) is 0 Å². The Morgan fingerprint density at radius 1 is 0.806 bits per heavy atom. The maximum Gasteiger partial charge on any atom is 0.282 e. The molecule has 3 aromatic carbocycles. The molecular formula is C25H20Cl2N2O2. The highest BCUT2D eigenvalue weighted by molar-refractivity contribution is 6.46. The van der Waals surface area contributed by atoms with Crippen molar-refractivity contribution in [3.63, 3.8) is 0 Å². The topological polar surface area (TPSA) is 49.4 Å². The zero-order valence-corrected chi connectivity index (χ0v) is 18.8. The van der Waals surface area contributed by atoms with E-state index in [-0.39, 0.29) is 5.70 Å². The first kappa shape index (κ1) is 21.2.